The van der Waals surface area contributed by atoms with Crippen LogP contribution >= 0.6 is 23.4 Å². The van der Waals surface area contributed by atoms with Crippen molar-refractivity contribution in [2.75, 3.05) is 6.61 Å². The SMILES string of the molecule is CC1=C(C(=O)OCC(C)C)[C@@H](c2ccc(Cl)cc2)N2C(=O)[C@@H](C)SC2=N1. The van der Waals surface area contributed by atoms with Gasteiger partial charge in [-0.1, -0.05) is 49.3 Å². The monoisotopic (exact) mass is 392 g/mol. The fourth-order valence-corrected chi connectivity index (χ4v) is 4.10. The number of rotatable bonds is 4. The molecule has 0 N–H and O–H groups in total. The number of nitrogens with zero attached hydrogens (tertiary/aromatic N) is 2. The Morgan fingerprint density at radius 3 is 2.62 bits per heavy atom. The molecule has 0 aliphatic carbocycles. The number of aliphatic imine (C=N–C) groups is 1. The van der Waals surface area contributed by atoms with Gasteiger partial charge in [-0.05, 0) is 37.5 Å². The van der Waals surface area contributed by atoms with Gasteiger partial charge in [-0.15, -0.1) is 0 Å². The standard InChI is InChI=1S/C19H21ClN2O3S/c1-10(2)9-25-18(24)15-11(3)21-19-22(17(23)12(4)26-19)16(15)13-5-7-14(20)8-6-13/h5-8,10,12,16H,9H2,1-4H3/t12-,16-/m1/s1. The van der Waals surface area contributed by atoms with E-state index in [0.29, 0.717) is 28.1 Å². The summed E-state index contributed by atoms with van der Waals surface area (Å²) in [6.45, 7) is 7.90. The number of halogens is 1. The van der Waals surface area contributed by atoms with Gasteiger partial charge in [-0.2, -0.15) is 0 Å². The van der Waals surface area contributed by atoms with E-state index in [4.69, 9.17) is 16.3 Å². The molecule has 1 saturated heterocycles. The lowest BCUT2D eigenvalue weighted by molar-refractivity contribution is -0.141. The lowest BCUT2D eigenvalue weighted by Gasteiger charge is -2.33. The molecule has 1 fully saturated rings. The molecule has 5 nitrogen and oxygen atoms in total. The van der Waals surface area contributed by atoms with Gasteiger partial charge < -0.3 is 4.74 Å². The molecule has 0 bridgehead atoms. The predicted molar refractivity (Wildman–Crippen MR) is 104 cm³/mol. The minimum Gasteiger partial charge on any atom is -0.462 e. The largest absolute Gasteiger partial charge is 0.462 e. The van der Waals surface area contributed by atoms with Crippen LogP contribution in [0.4, 0.5) is 0 Å². The first-order chi connectivity index (χ1) is 12.3. The van der Waals surface area contributed by atoms with Crippen LogP contribution in [0.5, 0.6) is 0 Å². The number of ether oxygens (including phenoxy) is 1. The van der Waals surface area contributed by atoms with Crippen LogP contribution in [0.2, 0.25) is 5.02 Å². The molecule has 0 saturated carbocycles. The fraction of sp³-hybridized carbons (Fsp3) is 0.421. The number of amides is 1. The van der Waals surface area contributed by atoms with Gasteiger partial charge in [0.15, 0.2) is 5.17 Å². The molecule has 3 rings (SSSR count). The zero-order valence-electron chi connectivity index (χ0n) is 15.2. The molecule has 1 amide bonds. The summed E-state index contributed by atoms with van der Waals surface area (Å²) in [4.78, 5) is 31.7. The average molecular weight is 393 g/mol. The number of thioether (sulfide) groups is 1. The molecule has 138 valence electrons. The highest BCUT2D eigenvalue weighted by Gasteiger charge is 2.46. The normalized spacial score (nSPS) is 22.6. The first kappa shape index (κ1) is 19.0. The third kappa shape index (κ3) is 3.53. The molecule has 0 aromatic heterocycles. The van der Waals surface area contributed by atoms with Crippen LogP contribution in [-0.2, 0) is 14.3 Å². The van der Waals surface area contributed by atoms with Crippen molar-refractivity contribution < 1.29 is 14.3 Å². The number of benzene rings is 1. The summed E-state index contributed by atoms with van der Waals surface area (Å²) in [6, 6.07) is 6.63. The van der Waals surface area contributed by atoms with Crippen molar-refractivity contribution in [3.63, 3.8) is 0 Å². The maximum atomic E-state index is 12.8. The van der Waals surface area contributed by atoms with Gasteiger partial charge in [0.2, 0.25) is 5.91 Å². The van der Waals surface area contributed by atoms with E-state index in [1.807, 2.05) is 32.9 Å². The minimum atomic E-state index is -0.552. The first-order valence-corrected chi connectivity index (χ1v) is 9.77. The Balaban J connectivity index is 2.06. The van der Waals surface area contributed by atoms with Crippen LogP contribution in [0.1, 0.15) is 39.3 Å². The maximum Gasteiger partial charge on any atom is 0.338 e. The van der Waals surface area contributed by atoms with Crippen molar-refractivity contribution in [1.29, 1.82) is 0 Å². The summed E-state index contributed by atoms with van der Waals surface area (Å²) in [5.41, 5.74) is 1.79. The predicted octanol–water partition coefficient (Wildman–Crippen LogP) is 4.19. The van der Waals surface area contributed by atoms with Gasteiger partial charge in [-0.3, -0.25) is 9.69 Å². The highest BCUT2D eigenvalue weighted by atomic mass is 35.5. The Hall–Kier alpha value is -1.79. The van der Waals surface area contributed by atoms with Crippen molar-refractivity contribution in [1.82, 2.24) is 4.90 Å². The molecule has 2 aliphatic heterocycles. The van der Waals surface area contributed by atoms with E-state index in [-0.39, 0.29) is 17.1 Å². The Morgan fingerprint density at radius 2 is 2.00 bits per heavy atom. The average Bonchev–Trinajstić information content (AvgIpc) is 2.86. The third-order valence-electron chi connectivity index (χ3n) is 4.21. The van der Waals surface area contributed by atoms with Crippen molar-refractivity contribution in [2.45, 2.75) is 39.0 Å². The topological polar surface area (TPSA) is 59.0 Å². The molecule has 7 heteroatoms. The van der Waals surface area contributed by atoms with E-state index in [1.165, 1.54) is 11.8 Å². The molecule has 2 atom stereocenters. The van der Waals surface area contributed by atoms with Crippen molar-refractivity contribution in [3.05, 3.63) is 46.1 Å². The molecule has 0 radical (unpaired) electrons. The molecule has 2 heterocycles. The number of fused-ring (bicyclic) bond motifs is 1. The Bertz CT molecular complexity index is 802. The first-order valence-electron chi connectivity index (χ1n) is 8.51. The van der Waals surface area contributed by atoms with Crippen LogP contribution < -0.4 is 0 Å². The smallest absolute Gasteiger partial charge is 0.338 e. The maximum absolute atomic E-state index is 12.8. The second kappa shape index (κ2) is 7.45. The van der Waals surface area contributed by atoms with Gasteiger partial charge in [0.25, 0.3) is 0 Å². The Labute approximate surface area is 162 Å². The summed E-state index contributed by atoms with van der Waals surface area (Å²) in [5.74, 6) is -0.271. The van der Waals surface area contributed by atoms with Crippen LogP contribution in [0.25, 0.3) is 0 Å². The number of amidine groups is 1. The number of hydrogen-bond donors (Lipinski definition) is 0. The van der Waals surface area contributed by atoms with Gasteiger partial charge in [0.05, 0.1) is 29.2 Å². The minimum absolute atomic E-state index is 0.0599. The zero-order chi connectivity index (χ0) is 19.0. The zero-order valence-corrected chi connectivity index (χ0v) is 16.7. The van der Waals surface area contributed by atoms with Gasteiger partial charge >= 0.3 is 5.97 Å². The lowest BCUT2D eigenvalue weighted by Crippen LogP contribution is -2.40. The second-order valence-electron chi connectivity index (χ2n) is 6.81. The van der Waals surface area contributed by atoms with Gasteiger partial charge in [0.1, 0.15) is 0 Å². The third-order valence-corrected chi connectivity index (χ3v) is 5.52. The Kier molecular flexibility index (Phi) is 5.44. The van der Waals surface area contributed by atoms with Crippen LogP contribution in [0.15, 0.2) is 40.5 Å². The molecule has 0 spiro atoms. The van der Waals surface area contributed by atoms with E-state index in [9.17, 15) is 9.59 Å². The van der Waals surface area contributed by atoms with E-state index >= 15 is 0 Å². The summed E-state index contributed by atoms with van der Waals surface area (Å²) < 4.78 is 5.46. The molecular weight excluding hydrogens is 372 g/mol. The highest BCUT2D eigenvalue weighted by molar-refractivity contribution is 8.15. The fourth-order valence-electron chi connectivity index (χ4n) is 2.94. The van der Waals surface area contributed by atoms with Crippen molar-refractivity contribution in [2.24, 2.45) is 10.9 Å². The number of carbonyl (C=O) groups is 2. The van der Waals surface area contributed by atoms with Crippen LogP contribution in [0.3, 0.4) is 0 Å². The summed E-state index contributed by atoms with van der Waals surface area (Å²) in [5, 5.41) is 0.987. The molecule has 2 aliphatic rings. The number of allylic oxidation sites excluding steroid dienone is 1. The van der Waals surface area contributed by atoms with E-state index in [2.05, 4.69) is 4.99 Å². The quantitative estimate of drug-likeness (QED) is 0.721. The summed E-state index contributed by atoms with van der Waals surface area (Å²) in [6.07, 6.45) is 0. The van der Waals surface area contributed by atoms with E-state index in [0.717, 1.165) is 5.56 Å². The molecular formula is C19H21ClN2O3S. The number of hydrogen-bond acceptors (Lipinski definition) is 5. The summed E-state index contributed by atoms with van der Waals surface area (Å²) >= 11 is 7.42. The van der Waals surface area contributed by atoms with E-state index < -0.39 is 12.0 Å². The van der Waals surface area contributed by atoms with Crippen molar-refractivity contribution >= 4 is 40.4 Å². The Morgan fingerprint density at radius 1 is 1.35 bits per heavy atom. The number of carbonyl (C=O) groups excluding carboxylic acids is 2. The van der Waals surface area contributed by atoms with Gasteiger partial charge in [-0.25, -0.2) is 9.79 Å². The second-order valence-corrected chi connectivity index (χ2v) is 8.55. The molecule has 1 aromatic rings. The molecule has 0 unspecified atom stereocenters. The number of esters is 1. The van der Waals surface area contributed by atoms with Gasteiger partial charge in [0, 0.05) is 5.02 Å². The van der Waals surface area contributed by atoms with Crippen LogP contribution in [0, 0.1) is 5.92 Å². The highest BCUT2D eigenvalue weighted by Crippen LogP contribution is 2.43. The van der Waals surface area contributed by atoms with E-state index in [1.54, 1.807) is 24.0 Å². The summed E-state index contributed by atoms with van der Waals surface area (Å²) in [7, 11) is 0. The molecule has 1 aromatic carbocycles. The van der Waals surface area contributed by atoms with Crippen molar-refractivity contribution in [3.8, 4) is 0 Å². The van der Waals surface area contributed by atoms with Crippen LogP contribution in [-0.4, -0.2) is 33.8 Å². The lowest BCUT2D eigenvalue weighted by atomic mass is 9.94. The molecule has 26 heavy (non-hydrogen) atoms.